The molecule has 3 fully saturated rings. The Bertz CT molecular complexity index is 2180. The molecular formula is C100H193NO18. The number of hydrogen-bond donors (Lipinski definition) is 12. The lowest BCUT2D eigenvalue weighted by Crippen LogP contribution is -2.66. The van der Waals surface area contributed by atoms with Crippen LogP contribution in [0.1, 0.15) is 489 Å². The quantitative estimate of drug-likeness (QED) is 0.0199. The second-order valence-corrected chi connectivity index (χ2v) is 37.0. The van der Waals surface area contributed by atoms with Crippen LogP contribution in [0.25, 0.3) is 0 Å². The summed E-state index contributed by atoms with van der Waals surface area (Å²) in [5.41, 5.74) is 0. The highest BCUT2D eigenvalue weighted by Crippen LogP contribution is 2.34. The number of allylic oxidation sites excluding steroid dienone is 2. The summed E-state index contributed by atoms with van der Waals surface area (Å²) in [6.07, 6.45) is 75.2. The fourth-order valence-corrected chi connectivity index (χ4v) is 18.0. The zero-order chi connectivity index (χ0) is 85.9. The maximum absolute atomic E-state index is 13.6. The van der Waals surface area contributed by atoms with Gasteiger partial charge >= 0.3 is 0 Å². The third-order valence-electron chi connectivity index (χ3n) is 26.1. The molecule has 0 aliphatic carbocycles. The average Bonchev–Trinajstić information content (AvgIpc) is 0.778. The summed E-state index contributed by atoms with van der Waals surface area (Å²) in [5, 5.41) is 122. The van der Waals surface area contributed by atoms with Gasteiger partial charge in [0.05, 0.1) is 38.6 Å². The first-order chi connectivity index (χ1) is 58.3. The predicted molar refractivity (Wildman–Crippen MR) is 485 cm³/mol. The van der Waals surface area contributed by atoms with Crippen molar-refractivity contribution in [1.82, 2.24) is 5.32 Å². The highest BCUT2D eigenvalue weighted by atomic mass is 16.8. The van der Waals surface area contributed by atoms with E-state index in [9.17, 15) is 61.0 Å². The zero-order valence-corrected chi connectivity index (χ0v) is 76.9. The number of carbonyl (C=O) groups excluding carboxylic acids is 1. The Morgan fingerprint density at radius 3 is 0.815 bits per heavy atom. The van der Waals surface area contributed by atoms with Gasteiger partial charge in [0.1, 0.15) is 73.2 Å². The van der Waals surface area contributed by atoms with Crippen LogP contribution in [0.4, 0.5) is 0 Å². The largest absolute Gasteiger partial charge is 0.394 e. The van der Waals surface area contributed by atoms with E-state index < -0.39 is 124 Å². The second kappa shape index (κ2) is 79.9. The summed E-state index contributed by atoms with van der Waals surface area (Å²) in [7, 11) is 0. The first-order valence-electron chi connectivity index (χ1n) is 51.4. The summed E-state index contributed by atoms with van der Waals surface area (Å²) in [6.45, 7) is 1.90. The van der Waals surface area contributed by atoms with Gasteiger partial charge in [-0.25, -0.2) is 0 Å². The fraction of sp³-hybridized carbons (Fsp3) is 0.970. The van der Waals surface area contributed by atoms with Crippen molar-refractivity contribution in [2.24, 2.45) is 0 Å². The summed E-state index contributed by atoms with van der Waals surface area (Å²) in [5.74, 6) is -0.230. The molecule has 1 amide bonds. The number of unbranched alkanes of at least 4 members (excludes halogenated alkanes) is 69. The third kappa shape index (κ3) is 57.2. The molecule has 0 bridgehead atoms. The van der Waals surface area contributed by atoms with Crippen molar-refractivity contribution in [3.63, 3.8) is 0 Å². The first-order valence-corrected chi connectivity index (χ1v) is 51.4. The van der Waals surface area contributed by atoms with Crippen molar-refractivity contribution in [3.05, 3.63) is 12.2 Å². The summed E-state index contributed by atoms with van der Waals surface area (Å²) in [6, 6.07) is -0.886. The molecule has 3 aliphatic rings. The second-order valence-electron chi connectivity index (χ2n) is 37.0. The number of aliphatic hydroxyl groups is 11. The molecule has 3 saturated heterocycles. The molecule has 12 N–H and O–H groups in total. The van der Waals surface area contributed by atoms with Crippen molar-refractivity contribution in [2.45, 2.75) is 593 Å². The molecule has 17 unspecified atom stereocenters. The van der Waals surface area contributed by atoms with E-state index in [0.717, 1.165) is 44.9 Å². The number of ether oxygens (including phenoxy) is 6. The van der Waals surface area contributed by atoms with Gasteiger partial charge in [0, 0.05) is 6.42 Å². The van der Waals surface area contributed by atoms with Crippen molar-refractivity contribution in [2.75, 3.05) is 26.4 Å². The van der Waals surface area contributed by atoms with Crippen LogP contribution in [0, 0.1) is 0 Å². The van der Waals surface area contributed by atoms with E-state index in [0.29, 0.717) is 12.8 Å². The molecule has 706 valence electrons. The molecule has 17 atom stereocenters. The molecule has 0 aromatic carbocycles. The molecule has 19 nitrogen and oxygen atoms in total. The first kappa shape index (κ1) is 112. The number of nitrogens with one attached hydrogen (secondary N) is 1. The fourth-order valence-electron chi connectivity index (χ4n) is 18.0. The van der Waals surface area contributed by atoms with E-state index in [-0.39, 0.29) is 18.9 Å². The minimum Gasteiger partial charge on any atom is -0.394 e. The van der Waals surface area contributed by atoms with Crippen LogP contribution in [-0.4, -0.2) is 193 Å². The maximum atomic E-state index is 13.6. The Hall–Kier alpha value is -1.47. The van der Waals surface area contributed by atoms with Gasteiger partial charge in [-0.05, 0) is 38.5 Å². The van der Waals surface area contributed by atoms with E-state index in [1.807, 2.05) is 0 Å². The Morgan fingerprint density at radius 1 is 0.294 bits per heavy atom. The summed E-state index contributed by atoms with van der Waals surface area (Å²) in [4.78, 5) is 13.6. The lowest BCUT2D eigenvalue weighted by Gasteiger charge is -2.48. The molecule has 3 rings (SSSR count). The van der Waals surface area contributed by atoms with Gasteiger partial charge in [-0.1, -0.05) is 456 Å². The van der Waals surface area contributed by atoms with Crippen LogP contribution < -0.4 is 5.32 Å². The highest BCUT2D eigenvalue weighted by molar-refractivity contribution is 5.76. The number of aliphatic hydroxyl groups excluding tert-OH is 11. The van der Waals surface area contributed by atoms with Gasteiger partial charge in [0.15, 0.2) is 18.9 Å². The molecule has 0 saturated carbocycles. The van der Waals surface area contributed by atoms with Crippen molar-refractivity contribution >= 4 is 5.91 Å². The predicted octanol–water partition coefficient (Wildman–Crippen LogP) is 21.8. The van der Waals surface area contributed by atoms with Crippen LogP contribution in [0.3, 0.4) is 0 Å². The molecule has 0 radical (unpaired) electrons. The summed E-state index contributed by atoms with van der Waals surface area (Å²) < 4.78 is 34.7. The average molecular weight is 1700 g/mol. The normalized spacial score (nSPS) is 24.1. The van der Waals surface area contributed by atoms with Crippen molar-refractivity contribution in [3.8, 4) is 0 Å². The number of hydrogen-bond acceptors (Lipinski definition) is 18. The van der Waals surface area contributed by atoms with Crippen LogP contribution in [0.2, 0.25) is 0 Å². The SMILES string of the molecule is CCCCCCCCCC/C=C\CCCCCCCCCCCCCCCCCCCCCCCCCCCCCCCC(=O)NC(COC1OC(CO)C(OC2OC(CO)C(OC3OC(CO)C(O)C(O)C3O)C(O)C2O)C(O)C1O)C(O)CCCCCCCCCCCCCCCCCCCCCCCCCCCCCCCCCCC. The smallest absolute Gasteiger partial charge is 0.220 e. The molecule has 3 aliphatic heterocycles. The van der Waals surface area contributed by atoms with Crippen LogP contribution in [0.5, 0.6) is 0 Å². The van der Waals surface area contributed by atoms with Gasteiger partial charge in [0.2, 0.25) is 5.91 Å². The van der Waals surface area contributed by atoms with Crippen LogP contribution >= 0.6 is 0 Å². The third-order valence-corrected chi connectivity index (χ3v) is 26.1. The minimum atomic E-state index is -1.97. The van der Waals surface area contributed by atoms with E-state index in [4.69, 9.17) is 28.4 Å². The Labute approximate surface area is 728 Å². The van der Waals surface area contributed by atoms with Crippen molar-refractivity contribution < 1.29 is 89.4 Å². The van der Waals surface area contributed by atoms with Crippen molar-refractivity contribution in [1.29, 1.82) is 0 Å². The molecular weight excluding hydrogens is 1500 g/mol. The van der Waals surface area contributed by atoms with E-state index in [1.165, 1.54) is 411 Å². The molecule has 0 spiro atoms. The monoisotopic (exact) mass is 1700 g/mol. The minimum absolute atomic E-state index is 0.230. The maximum Gasteiger partial charge on any atom is 0.220 e. The standard InChI is InChI=1S/C100H193NO18/c1-3-5-7-9-11-13-15-17-19-21-23-25-27-29-31-33-35-37-38-39-40-41-42-43-44-46-48-50-52-54-56-58-60-62-64-66-68-70-72-74-76-78-88(106)101-83(84(105)77-75-73-71-69-67-65-63-61-59-57-55-53-51-49-47-45-36-34-32-30-28-26-24-22-20-18-16-14-12-10-8-6-4-2)82-114-98-94(112)91(109)96(86(80-103)116-98)119-100-95(113)92(110)97(87(81-104)117-100)118-99-93(111)90(108)89(107)85(79-102)115-99/h21,23,83-87,89-100,102-105,107-113H,3-20,22,24-82H2,1-2H3,(H,101,106)/b23-21-. The molecule has 3 heterocycles. The lowest BCUT2D eigenvalue weighted by molar-refractivity contribution is -0.379. The van der Waals surface area contributed by atoms with E-state index in [1.54, 1.807) is 0 Å². The van der Waals surface area contributed by atoms with Gasteiger partial charge in [0.25, 0.3) is 0 Å². The molecule has 0 aromatic heterocycles. The van der Waals surface area contributed by atoms with Gasteiger partial charge < -0.3 is 89.9 Å². The van der Waals surface area contributed by atoms with Gasteiger partial charge in [-0.3, -0.25) is 4.79 Å². The molecule has 119 heavy (non-hydrogen) atoms. The van der Waals surface area contributed by atoms with Crippen LogP contribution in [-0.2, 0) is 33.2 Å². The summed E-state index contributed by atoms with van der Waals surface area (Å²) >= 11 is 0. The number of carbonyl (C=O) groups is 1. The Morgan fingerprint density at radius 2 is 0.529 bits per heavy atom. The molecule has 0 aromatic rings. The Balaban J connectivity index is 1.26. The van der Waals surface area contributed by atoms with Crippen LogP contribution in [0.15, 0.2) is 12.2 Å². The van der Waals surface area contributed by atoms with Gasteiger partial charge in [-0.2, -0.15) is 0 Å². The topological polar surface area (TPSA) is 307 Å². The zero-order valence-electron chi connectivity index (χ0n) is 76.9. The highest BCUT2D eigenvalue weighted by Gasteiger charge is 2.54. The van der Waals surface area contributed by atoms with E-state index in [2.05, 4.69) is 31.3 Å². The number of amides is 1. The Kier molecular flexibility index (Phi) is 75.0. The molecule has 19 heteroatoms. The van der Waals surface area contributed by atoms with E-state index >= 15 is 0 Å². The number of rotatable bonds is 87. The lowest BCUT2D eigenvalue weighted by atomic mass is 9.96. The van der Waals surface area contributed by atoms with Gasteiger partial charge in [-0.15, -0.1) is 0 Å².